The van der Waals surface area contributed by atoms with Gasteiger partial charge in [-0.05, 0) is 41.9 Å². The smallest absolute Gasteiger partial charge is 0.408 e. The normalized spacial score (nSPS) is 19.4. The molecule has 0 aliphatic carbocycles. The monoisotopic (exact) mass is 467 g/mol. The number of halogens is 1. The minimum absolute atomic E-state index is 0.0168. The maximum absolute atomic E-state index is 14.9. The number of amides is 1. The number of nitrogens with zero attached hydrogens (tertiary/aromatic N) is 2. The Balaban J connectivity index is 1.45. The summed E-state index contributed by atoms with van der Waals surface area (Å²) in [5.74, 6) is -1.37. The fraction of sp³-hybridized carbons (Fsp3) is 0.375. The molecule has 34 heavy (non-hydrogen) atoms. The number of benzene rings is 2. The number of aromatic nitrogens is 1. The summed E-state index contributed by atoms with van der Waals surface area (Å²) in [6, 6.07) is 11.1. The molecule has 1 saturated heterocycles. The summed E-state index contributed by atoms with van der Waals surface area (Å²) in [6.45, 7) is 1.37. The standard InChI is InChI=1S/C24H26FN5O4/c1-27-18-11-28-12-22(33-13-18)23(31)29-17(10-26)7-16-4-3-14(8-19(16)25)15-5-6-21-20(9-15)30(2)24(32)34-21/h3-6,8-9,17-18,22,27-28H,7,11-13H2,1-2H3,(H,29,31)/t17?,18-,22-/m0/s1. The number of carbonyl (C=O) groups is 1. The van der Waals surface area contributed by atoms with Crippen molar-refractivity contribution in [1.82, 2.24) is 20.5 Å². The van der Waals surface area contributed by atoms with Crippen LogP contribution in [0.5, 0.6) is 0 Å². The van der Waals surface area contributed by atoms with Gasteiger partial charge in [0.05, 0.1) is 18.2 Å². The zero-order chi connectivity index (χ0) is 24.2. The maximum atomic E-state index is 14.9. The van der Waals surface area contributed by atoms with Gasteiger partial charge in [-0.15, -0.1) is 0 Å². The number of oxazole rings is 1. The fourth-order valence-electron chi connectivity index (χ4n) is 3.90. The lowest BCUT2D eigenvalue weighted by molar-refractivity contribution is -0.132. The summed E-state index contributed by atoms with van der Waals surface area (Å²) in [5, 5.41) is 18.4. The first kappa shape index (κ1) is 23.6. The third-order valence-corrected chi connectivity index (χ3v) is 5.99. The van der Waals surface area contributed by atoms with Crippen LogP contribution in [0.15, 0.2) is 45.6 Å². The van der Waals surface area contributed by atoms with Crippen LogP contribution in [-0.4, -0.2) is 55.4 Å². The van der Waals surface area contributed by atoms with E-state index in [0.717, 1.165) is 5.56 Å². The Morgan fingerprint density at radius 3 is 2.79 bits per heavy atom. The number of aryl methyl sites for hydroxylation is 1. The van der Waals surface area contributed by atoms with Gasteiger partial charge in [0.1, 0.15) is 18.0 Å². The van der Waals surface area contributed by atoms with Crippen molar-refractivity contribution in [2.45, 2.75) is 24.6 Å². The van der Waals surface area contributed by atoms with E-state index in [-0.39, 0.29) is 12.5 Å². The number of carbonyl (C=O) groups excluding carboxylic acids is 1. The van der Waals surface area contributed by atoms with Crippen LogP contribution in [0.1, 0.15) is 5.56 Å². The van der Waals surface area contributed by atoms with Crippen LogP contribution in [0.2, 0.25) is 0 Å². The molecule has 2 aromatic carbocycles. The van der Waals surface area contributed by atoms with Crippen molar-refractivity contribution in [3.05, 3.63) is 58.3 Å². The third-order valence-electron chi connectivity index (χ3n) is 5.99. The molecule has 0 spiro atoms. The molecule has 3 N–H and O–H groups in total. The van der Waals surface area contributed by atoms with Crippen LogP contribution >= 0.6 is 0 Å². The van der Waals surface area contributed by atoms with Gasteiger partial charge in [-0.3, -0.25) is 9.36 Å². The topological polar surface area (TPSA) is 121 Å². The van der Waals surface area contributed by atoms with Gasteiger partial charge in [0, 0.05) is 32.6 Å². The Bertz CT molecular complexity index is 1290. The minimum atomic E-state index is -0.906. The predicted molar refractivity (Wildman–Crippen MR) is 124 cm³/mol. The summed E-state index contributed by atoms with van der Waals surface area (Å²) in [4.78, 5) is 24.3. The van der Waals surface area contributed by atoms with E-state index in [1.807, 2.05) is 13.1 Å². The molecule has 10 heteroatoms. The Morgan fingerprint density at radius 1 is 1.29 bits per heavy atom. The summed E-state index contributed by atoms with van der Waals surface area (Å²) in [6.07, 6.45) is -0.710. The average molecular weight is 468 g/mol. The molecule has 1 fully saturated rings. The zero-order valence-electron chi connectivity index (χ0n) is 18.9. The highest BCUT2D eigenvalue weighted by Gasteiger charge is 2.26. The van der Waals surface area contributed by atoms with Crippen molar-refractivity contribution in [2.75, 3.05) is 26.7 Å². The van der Waals surface area contributed by atoms with Crippen molar-refractivity contribution < 1.29 is 18.3 Å². The minimum Gasteiger partial charge on any atom is -0.408 e. The van der Waals surface area contributed by atoms with Gasteiger partial charge < -0.3 is 25.1 Å². The van der Waals surface area contributed by atoms with Crippen LogP contribution in [-0.2, 0) is 23.0 Å². The number of nitrogens with one attached hydrogen (secondary N) is 3. The molecule has 1 aromatic heterocycles. The molecular formula is C24H26FN5O4. The van der Waals surface area contributed by atoms with Gasteiger partial charge in [-0.2, -0.15) is 5.26 Å². The number of rotatable bonds is 6. The SMILES string of the molecule is CN[C@H]1CNC[C@@H](C(=O)NC(C#N)Cc2ccc(-c3ccc4oc(=O)n(C)c4c3)cc2F)OC1. The molecule has 178 valence electrons. The first-order chi connectivity index (χ1) is 16.4. The predicted octanol–water partition coefficient (Wildman–Crippen LogP) is 1.06. The Morgan fingerprint density at radius 2 is 2.06 bits per heavy atom. The van der Waals surface area contributed by atoms with E-state index in [1.54, 1.807) is 37.4 Å². The molecule has 1 aliphatic heterocycles. The van der Waals surface area contributed by atoms with E-state index in [1.165, 1.54) is 10.6 Å². The van der Waals surface area contributed by atoms with Crippen LogP contribution in [0.4, 0.5) is 4.39 Å². The zero-order valence-corrected chi connectivity index (χ0v) is 18.9. The fourth-order valence-corrected chi connectivity index (χ4v) is 3.90. The number of hydrogen-bond acceptors (Lipinski definition) is 7. The number of hydrogen-bond donors (Lipinski definition) is 3. The average Bonchev–Trinajstić information content (AvgIpc) is 3.00. The highest BCUT2D eigenvalue weighted by molar-refractivity contribution is 5.82. The molecule has 9 nitrogen and oxygen atoms in total. The molecule has 1 unspecified atom stereocenters. The molecule has 0 radical (unpaired) electrons. The molecular weight excluding hydrogens is 441 g/mol. The highest BCUT2D eigenvalue weighted by atomic mass is 19.1. The van der Waals surface area contributed by atoms with Crippen LogP contribution in [0, 0.1) is 17.1 Å². The Hall–Kier alpha value is -3.52. The Kier molecular flexibility index (Phi) is 7.07. The summed E-state index contributed by atoms with van der Waals surface area (Å²) < 4.78 is 27.1. The quantitative estimate of drug-likeness (QED) is 0.496. The van der Waals surface area contributed by atoms with E-state index >= 15 is 0 Å². The van der Waals surface area contributed by atoms with Gasteiger partial charge >= 0.3 is 5.76 Å². The van der Waals surface area contributed by atoms with Crippen LogP contribution in [0.3, 0.4) is 0 Å². The van der Waals surface area contributed by atoms with E-state index in [9.17, 15) is 19.2 Å². The van der Waals surface area contributed by atoms with Crippen molar-refractivity contribution in [3.63, 3.8) is 0 Å². The second-order valence-electron chi connectivity index (χ2n) is 8.28. The van der Waals surface area contributed by atoms with Crippen LogP contribution < -0.4 is 21.7 Å². The first-order valence-corrected chi connectivity index (χ1v) is 11.0. The lowest BCUT2D eigenvalue weighted by Crippen LogP contribution is -2.46. The Labute approximate surface area is 195 Å². The molecule has 3 atom stereocenters. The molecule has 0 bridgehead atoms. The van der Waals surface area contributed by atoms with Gasteiger partial charge in [0.25, 0.3) is 5.91 Å². The van der Waals surface area contributed by atoms with Crippen LogP contribution in [0.25, 0.3) is 22.2 Å². The lowest BCUT2D eigenvalue weighted by atomic mass is 10.00. The molecule has 4 rings (SSSR count). The molecule has 1 amide bonds. The largest absolute Gasteiger partial charge is 0.419 e. The van der Waals surface area contributed by atoms with Gasteiger partial charge in [-0.25, -0.2) is 9.18 Å². The number of likely N-dealkylation sites (N-methyl/N-ethyl adjacent to an activating group) is 1. The number of nitriles is 1. The molecule has 3 aromatic rings. The lowest BCUT2D eigenvalue weighted by Gasteiger charge is -2.18. The number of ether oxygens (including phenoxy) is 1. The summed E-state index contributed by atoms with van der Waals surface area (Å²) >= 11 is 0. The molecule has 1 aliphatic rings. The molecule has 0 saturated carbocycles. The van der Waals surface area contributed by atoms with Gasteiger partial charge in [-0.1, -0.05) is 18.2 Å². The van der Waals surface area contributed by atoms with E-state index in [2.05, 4.69) is 16.0 Å². The van der Waals surface area contributed by atoms with Gasteiger partial charge in [0.2, 0.25) is 0 Å². The maximum Gasteiger partial charge on any atom is 0.419 e. The second-order valence-corrected chi connectivity index (χ2v) is 8.28. The van der Waals surface area contributed by atoms with Crippen molar-refractivity contribution in [3.8, 4) is 17.2 Å². The van der Waals surface area contributed by atoms with Crippen molar-refractivity contribution in [2.24, 2.45) is 7.05 Å². The number of fused-ring (bicyclic) bond motifs is 1. The van der Waals surface area contributed by atoms with E-state index in [0.29, 0.717) is 41.9 Å². The highest BCUT2D eigenvalue weighted by Crippen LogP contribution is 2.26. The third kappa shape index (κ3) is 5.02. The van der Waals surface area contributed by atoms with Crippen molar-refractivity contribution in [1.29, 1.82) is 5.26 Å². The van der Waals surface area contributed by atoms with Crippen molar-refractivity contribution >= 4 is 17.0 Å². The second kappa shape index (κ2) is 10.2. The summed E-state index contributed by atoms with van der Waals surface area (Å²) in [7, 11) is 3.42. The first-order valence-electron chi connectivity index (χ1n) is 11.0. The summed E-state index contributed by atoms with van der Waals surface area (Å²) in [5.41, 5.74) is 2.71. The van der Waals surface area contributed by atoms with Gasteiger partial charge in [0.15, 0.2) is 5.58 Å². The molecule has 2 heterocycles. The van der Waals surface area contributed by atoms with E-state index in [4.69, 9.17) is 9.15 Å². The van der Waals surface area contributed by atoms with E-state index < -0.39 is 29.6 Å².